The third-order valence-corrected chi connectivity index (χ3v) is 10.4. The molecule has 0 heterocycles. The van der Waals surface area contributed by atoms with Gasteiger partial charge in [-0.15, -0.1) is 0 Å². The van der Waals surface area contributed by atoms with E-state index in [9.17, 15) is 0 Å². The van der Waals surface area contributed by atoms with Crippen molar-refractivity contribution in [3.05, 3.63) is 53.6 Å². The number of hydrogen-bond donors (Lipinski definition) is 0. The van der Waals surface area contributed by atoms with Gasteiger partial charge in [0.15, 0.2) is 0 Å². The Morgan fingerprint density at radius 3 is 2.45 bits per heavy atom. The van der Waals surface area contributed by atoms with Gasteiger partial charge in [-0.05, 0) is 117 Å². The van der Waals surface area contributed by atoms with Gasteiger partial charge in [-0.3, -0.25) is 0 Å². The molecule has 4 aliphatic carbocycles. The molecule has 7 atom stereocenters. The second kappa shape index (κ2) is 7.82. The standard InChI is InChI=1S/C30H43N/c1-19(2)31(6)24-12-9-22(10-13-24)27-18-30(5)21(4)8-16-28(30)26-15-11-23-17-20(3)7-14-25(23)29(26)27/h9-10,12-13,17,19,21,25-29H,3,7-8,11,14-16,18H2,1-2,4-6H3. The van der Waals surface area contributed by atoms with Gasteiger partial charge in [-0.1, -0.05) is 49.8 Å². The summed E-state index contributed by atoms with van der Waals surface area (Å²) in [7, 11) is 2.22. The molecule has 0 radical (unpaired) electrons. The minimum Gasteiger partial charge on any atom is -0.372 e. The molecule has 0 spiro atoms. The number of nitrogens with zero attached hydrogens (tertiary/aromatic N) is 1. The van der Waals surface area contributed by atoms with Gasteiger partial charge < -0.3 is 4.90 Å². The van der Waals surface area contributed by atoms with Gasteiger partial charge in [-0.25, -0.2) is 0 Å². The smallest absolute Gasteiger partial charge is 0.0366 e. The maximum absolute atomic E-state index is 4.32. The van der Waals surface area contributed by atoms with E-state index >= 15 is 0 Å². The van der Waals surface area contributed by atoms with Gasteiger partial charge in [0.05, 0.1) is 0 Å². The predicted octanol–water partition coefficient (Wildman–Crippen LogP) is 7.99. The van der Waals surface area contributed by atoms with Gasteiger partial charge in [0.2, 0.25) is 0 Å². The number of allylic oxidation sites excluding steroid dienone is 3. The van der Waals surface area contributed by atoms with Crippen molar-refractivity contribution >= 4 is 5.69 Å². The largest absolute Gasteiger partial charge is 0.372 e. The molecule has 7 unspecified atom stereocenters. The Balaban J connectivity index is 1.54. The van der Waals surface area contributed by atoms with E-state index in [0.717, 1.165) is 29.6 Å². The van der Waals surface area contributed by atoms with Crippen LogP contribution in [0.3, 0.4) is 0 Å². The molecule has 0 bridgehead atoms. The Morgan fingerprint density at radius 2 is 1.74 bits per heavy atom. The Bertz CT molecular complexity index is 861. The van der Waals surface area contributed by atoms with Crippen molar-refractivity contribution in [3.8, 4) is 0 Å². The van der Waals surface area contributed by atoms with E-state index < -0.39 is 0 Å². The number of benzene rings is 1. The molecule has 31 heavy (non-hydrogen) atoms. The van der Waals surface area contributed by atoms with Gasteiger partial charge in [-0.2, -0.15) is 0 Å². The van der Waals surface area contributed by atoms with Crippen molar-refractivity contribution in [1.29, 1.82) is 0 Å². The van der Waals surface area contributed by atoms with Crippen LogP contribution < -0.4 is 4.90 Å². The van der Waals surface area contributed by atoms with Crippen molar-refractivity contribution in [3.63, 3.8) is 0 Å². The second-order valence-electron chi connectivity index (χ2n) is 12.0. The minimum atomic E-state index is 0.526. The zero-order chi connectivity index (χ0) is 21.9. The molecule has 168 valence electrons. The van der Waals surface area contributed by atoms with E-state index in [1.807, 2.05) is 0 Å². The average Bonchev–Trinajstić information content (AvgIpc) is 3.06. The van der Waals surface area contributed by atoms with Crippen molar-refractivity contribution < 1.29 is 0 Å². The van der Waals surface area contributed by atoms with Gasteiger partial charge in [0.25, 0.3) is 0 Å². The lowest BCUT2D eigenvalue weighted by Gasteiger charge is -2.57. The van der Waals surface area contributed by atoms with Crippen LogP contribution in [-0.2, 0) is 0 Å². The molecule has 0 amide bonds. The quantitative estimate of drug-likeness (QED) is 0.481. The van der Waals surface area contributed by atoms with Gasteiger partial charge in [0.1, 0.15) is 0 Å². The summed E-state index contributed by atoms with van der Waals surface area (Å²) in [5.41, 5.74) is 6.60. The number of hydrogen-bond acceptors (Lipinski definition) is 1. The molecule has 1 heteroatoms. The first kappa shape index (κ1) is 21.4. The molecule has 3 saturated carbocycles. The van der Waals surface area contributed by atoms with Crippen LogP contribution in [0.25, 0.3) is 0 Å². The van der Waals surface area contributed by atoms with Crippen molar-refractivity contribution in [2.45, 2.75) is 84.6 Å². The van der Waals surface area contributed by atoms with Crippen LogP contribution in [0.4, 0.5) is 5.69 Å². The number of rotatable bonds is 3. The topological polar surface area (TPSA) is 3.24 Å². The number of anilines is 1. The fourth-order valence-corrected chi connectivity index (χ4v) is 8.25. The SMILES string of the molecule is C=C1C=C2CCC3C(C2CC1)C(c1ccc(N(C)C(C)C)cc1)CC1(C)C(C)CCC31. The molecule has 0 aromatic heterocycles. The van der Waals surface area contributed by atoms with Crippen molar-refractivity contribution in [1.82, 2.24) is 0 Å². The first-order valence-electron chi connectivity index (χ1n) is 13.0. The van der Waals surface area contributed by atoms with E-state index in [1.54, 1.807) is 11.1 Å². The molecule has 1 nitrogen and oxygen atoms in total. The Hall–Kier alpha value is -1.50. The molecule has 0 aliphatic heterocycles. The van der Waals surface area contributed by atoms with Crippen molar-refractivity contribution in [2.24, 2.45) is 35.0 Å². The third kappa shape index (κ3) is 3.42. The molecular weight excluding hydrogens is 374 g/mol. The zero-order valence-electron chi connectivity index (χ0n) is 20.5. The summed E-state index contributed by atoms with van der Waals surface area (Å²) in [5, 5.41) is 0. The lowest BCUT2D eigenvalue weighted by atomic mass is 9.47. The van der Waals surface area contributed by atoms with Crippen molar-refractivity contribution in [2.75, 3.05) is 11.9 Å². The summed E-state index contributed by atoms with van der Waals surface area (Å²) >= 11 is 0. The average molecular weight is 418 g/mol. The number of fused-ring (bicyclic) bond motifs is 5. The molecule has 4 aliphatic rings. The van der Waals surface area contributed by atoms with E-state index in [4.69, 9.17) is 0 Å². The zero-order valence-corrected chi connectivity index (χ0v) is 20.5. The minimum absolute atomic E-state index is 0.526. The summed E-state index contributed by atoms with van der Waals surface area (Å²) in [5.74, 6) is 5.08. The highest BCUT2D eigenvalue weighted by atomic mass is 15.1. The van der Waals surface area contributed by atoms with Gasteiger partial charge >= 0.3 is 0 Å². The summed E-state index contributed by atoms with van der Waals surface area (Å²) in [6, 6.07) is 10.3. The van der Waals surface area contributed by atoms with Gasteiger partial charge in [0, 0.05) is 18.8 Å². The molecule has 5 rings (SSSR count). The molecule has 3 fully saturated rings. The maximum Gasteiger partial charge on any atom is 0.0366 e. The highest BCUT2D eigenvalue weighted by Crippen LogP contribution is 2.67. The normalized spacial score (nSPS) is 39.5. The maximum atomic E-state index is 4.32. The summed E-state index contributed by atoms with van der Waals surface area (Å²) in [6.45, 7) is 14.1. The van der Waals surface area contributed by atoms with Crippen LogP contribution in [0.2, 0.25) is 0 Å². The van der Waals surface area contributed by atoms with Crippen LogP contribution in [0.1, 0.15) is 84.1 Å². The monoisotopic (exact) mass is 417 g/mol. The molecule has 1 aromatic rings. The fraction of sp³-hybridized carbons (Fsp3) is 0.667. The molecular formula is C30H43N. The Morgan fingerprint density at radius 1 is 1.00 bits per heavy atom. The molecule has 0 N–H and O–H groups in total. The molecule has 1 aromatic carbocycles. The van der Waals surface area contributed by atoms with E-state index in [1.165, 1.54) is 56.2 Å². The Kier molecular flexibility index (Phi) is 5.39. The highest BCUT2D eigenvalue weighted by Gasteiger charge is 2.58. The van der Waals surface area contributed by atoms with Crippen LogP contribution in [-0.4, -0.2) is 13.1 Å². The Labute approximate surface area is 191 Å². The van der Waals surface area contributed by atoms with Crippen LogP contribution in [0.15, 0.2) is 48.1 Å². The van der Waals surface area contributed by atoms with Crippen LogP contribution >= 0.6 is 0 Å². The first-order valence-corrected chi connectivity index (χ1v) is 13.0. The highest BCUT2D eigenvalue weighted by molar-refractivity contribution is 5.48. The second-order valence-corrected chi connectivity index (χ2v) is 12.0. The summed E-state index contributed by atoms with van der Waals surface area (Å²) < 4.78 is 0. The summed E-state index contributed by atoms with van der Waals surface area (Å²) in [4.78, 5) is 2.39. The van der Waals surface area contributed by atoms with Crippen LogP contribution in [0, 0.1) is 35.0 Å². The van der Waals surface area contributed by atoms with E-state index in [0.29, 0.717) is 17.4 Å². The molecule has 0 saturated heterocycles. The van der Waals surface area contributed by atoms with E-state index in [-0.39, 0.29) is 0 Å². The first-order chi connectivity index (χ1) is 14.8. The lowest BCUT2D eigenvalue weighted by molar-refractivity contribution is -0.0340. The summed E-state index contributed by atoms with van der Waals surface area (Å²) in [6.07, 6.45) is 12.1. The fourth-order valence-electron chi connectivity index (χ4n) is 8.25. The van der Waals surface area contributed by atoms with E-state index in [2.05, 4.69) is 76.6 Å². The van der Waals surface area contributed by atoms with Crippen LogP contribution in [0.5, 0.6) is 0 Å². The predicted molar refractivity (Wildman–Crippen MR) is 133 cm³/mol. The third-order valence-electron chi connectivity index (χ3n) is 10.4. The lowest BCUT2D eigenvalue weighted by Crippen LogP contribution is -2.49.